The van der Waals surface area contributed by atoms with Gasteiger partial charge in [0.1, 0.15) is 6.26 Å². The fourth-order valence-electron chi connectivity index (χ4n) is 2.38. The van der Waals surface area contributed by atoms with Crippen LogP contribution in [0.5, 0.6) is 0 Å². The van der Waals surface area contributed by atoms with Gasteiger partial charge in [0.05, 0.1) is 10.6 Å². The molecule has 0 bridgehead atoms. The summed E-state index contributed by atoms with van der Waals surface area (Å²) < 4.78 is 16.7. The summed E-state index contributed by atoms with van der Waals surface area (Å²) in [6.07, 6.45) is 1.63. The first-order valence-electron chi connectivity index (χ1n) is 8.19. The zero-order valence-electron chi connectivity index (χ0n) is 14.2. The molecule has 28 heavy (non-hydrogen) atoms. The van der Waals surface area contributed by atoms with E-state index < -0.39 is 0 Å². The highest BCUT2D eigenvalue weighted by Crippen LogP contribution is 2.29. The van der Waals surface area contributed by atoms with E-state index in [1.54, 1.807) is 17.6 Å². The van der Waals surface area contributed by atoms with Gasteiger partial charge in [0, 0.05) is 11.3 Å². The summed E-state index contributed by atoms with van der Waals surface area (Å²) in [4.78, 5) is 5.45. The van der Waals surface area contributed by atoms with E-state index in [4.69, 9.17) is 13.3 Å². The van der Waals surface area contributed by atoms with E-state index in [0.29, 0.717) is 22.8 Å². The molecule has 0 atom stereocenters. The molecule has 0 amide bonds. The van der Waals surface area contributed by atoms with Crippen LogP contribution in [0.2, 0.25) is 0 Å². The number of oxazole rings is 1. The normalized spacial score (nSPS) is 11.1. The third kappa shape index (κ3) is 3.47. The highest BCUT2D eigenvalue weighted by atomic mass is 32.2. The molecule has 0 saturated heterocycles. The molecular formula is C18H11N5O3S2. The van der Waals surface area contributed by atoms with Gasteiger partial charge in [-0.1, -0.05) is 36.0 Å². The topological polar surface area (TPSA) is 104 Å². The number of hydrogen-bond acceptors (Lipinski definition) is 10. The lowest BCUT2D eigenvalue weighted by Gasteiger charge is -1.91. The number of thioether (sulfide) groups is 1. The molecule has 0 aliphatic rings. The summed E-state index contributed by atoms with van der Waals surface area (Å²) in [5.74, 6) is 1.90. The monoisotopic (exact) mass is 409 g/mol. The van der Waals surface area contributed by atoms with Crippen LogP contribution >= 0.6 is 23.1 Å². The van der Waals surface area contributed by atoms with Crippen molar-refractivity contribution in [2.45, 2.75) is 11.0 Å². The van der Waals surface area contributed by atoms with E-state index >= 15 is 0 Å². The minimum absolute atomic E-state index is 0.177. The summed E-state index contributed by atoms with van der Waals surface area (Å²) in [6, 6.07) is 13.4. The summed E-state index contributed by atoms with van der Waals surface area (Å²) in [5, 5.41) is 18.3. The van der Waals surface area contributed by atoms with Crippen LogP contribution in [0.1, 0.15) is 5.69 Å². The van der Waals surface area contributed by atoms with Crippen molar-refractivity contribution in [1.29, 1.82) is 0 Å². The quantitative estimate of drug-likeness (QED) is 0.366. The molecule has 8 nitrogen and oxygen atoms in total. The van der Waals surface area contributed by atoms with Gasteiger partial charge in [0.2, 0.25) is 11.8 Å². The predicted molar refractivity (Wildman–Crippen MR) is 102 cm³/mol. The zero-order chi connectivity index (χ0) is 18.8. The molecule has 0 spiro atoms. The molecule has 0 N–H and O–H groups in total. The fourth-order valence-corrected chi connectivity index (χ4v) is 3.68. The second kappa shape index (κ2) is 7.41. The smallest absolute Gasteiger partial charge is 0.306 e. The maximum atomic E-state index is 5.62. The van der Waals surface area contributed by atoms with Gasteiger partial charge in [0.25, 0.3) is 5.22 Å². The van der Waals surface area contributed by atoms with Gasteiger partial charge < -0.3 is 13.3 Å². The molecule has 10 heteroatoms. The second-order valence-electron chi connectivity index (χ2n) is 5.56. The van der Waals surface area contributed by atoms with E-state index in [1.807, 2.05) is 47.8 Å². The van der Waals surface area contributed by atoms with Crippen molar-refractivity contribution in [3.05, 3.63) is 59.8 Å². The summed E-state index contributed by atoms with van der Waals surface area (Å²) in [5.41, 5.74) is 1.61. The Bertz CT molecular complexity index is 1180. The van der Waals surface area contributed by atoms with E-state index in [2.05, 4.69) is 25.4 Å². The van der Waals surface area contributed by atoms with Crippen LogP contribution in [0.3, 0.4) is 0 Å². The van der Waals surface area contributed by atoms with Gasteiger partial charge in [-0.25, -0.2) is 4.98 Å². The molecule has 138 valence electrons. The van der Waals surface area contributed by atoms with Crippen molar-refractivity contribution in [2.75, 3.05) is 0 Å². The van der Waals surface area contributed by atoms with Crippen LogP contribution < -0.4 is 0 Å². The molecule has 0 aliphatic heterocycles. The lowest BCUT2D eigenvalue weighted by atomic mass is 10.2. The van der Waals surface area contributed by atoms with Gasteiger partial charge in [-0.2, -0.15) is 0 Å². The van der Waals surface area contributed by atoms with Crippen molar-refractivity contribution in [3.8, 4) is 34.0 Å². The number of hydrogen-bond donors (Lipinski definition) is 0. The van der Waals surface area contributed by atoms with Crippen molar-refractivity contribution in [2.24, 2.45) is 0 Å². The first-order chi connectivity index (χ1) is 13.8. The number of thiophene rings is 1. The van der Waals surface area contributed by atoms with Gasteiger partial charge in [-0.15, -0.1) is 31.7 Å². The van der Waals surface area contributed by atoms with Crippen molar-refractivity contribution >= 4 is 23.1 Å². The van der Waals surface area contributed by atoms with Crippen LogP contribution in [0.4, 0.5) is 0 Å². The van der Waals surface area contributed by atoms with Crippen LogP contribution in [0, 0.1) is 0 Å². The minimum atomic E-state index is 0.177. The summed E-state index contributed by atoms with van der Waals surface area (Å²) in [6.45, 7) is 0. The number of aromatic nitrogens is 5. The lowest BCUT2D eigenvalue weighted by molar-refractivity contribution is 0.445. The SMILES string of the molecule is c1ccc(-c2nnc(-c3nnc(SCc4coc(-c5cccs5)n4)o3)o2)cc1. The summed E-state index contributed by atoms with van der Waals surface area (Å²) >= 11 is 2.93. The molecule has 1 aromatic carbocycles. The standard InChI is InChI=1S/C18H11N5O3S2/c1-2-5-11(6-3-1)14-20-21-16(25-14)17-22-23-18(26-17)28-10-12-9-24-15(19-12)13-7-4-8-27-13/h1-9H,10H2. The Morgan fingerprint density at radius 1 is 0.821 bits per heavy atom. The van der Waals surface area contributed by atoms with Gasteiger partial charge in [-0.3, -0.25) is 0 Å². The molecule has 5 aromatic rings. The van der Waals surface area contributed by atoms with Crippen LogP contribution in [0.25, 0.3) is 34.0 Å². The average Bonchev–Trinajstić information content (AvgIpc) is 3.54. The third-order valence-corrected chi connectivity index (χ3v) is 5.37. The highest BCUT2D eigenvalue weighted by Gasteiger charge is 2.17. The number of nitrogens with zero attached hydrogens (tertiary/aromatic N) is 5. The van der Waals surface area contributed by atoms with E-state index in [9.17, 15) is 0 Å². The molecule has 4 heterocycles. The Morgan fingerprint density at radius 3 is 2.50 bits per heavy atom. The molecule has 0 unspecified atom stereocenters. The van der Waals surface area contributed by atoms with E-state index in [1.165, 1.54) is 11.8 Å². The minimum Gasteiger partial charge on any atom is -0.444 e. The summed E-state index contributed by atoms with van der Waals surface area (Å²) in [7, 11) is 0. The molecule has 0 radical (unpaired) electrons. The third-order valence-electron chi connectivity index (χ3n) is 3.66. The van der Waals surface area contributed by atoms with Gasteiger partial charge in [0.15, 0.2) is 0 Å². The van der Waals surface area contributed by atoms with Gasteiger partial charge >= 0.3 is 11.8 Å². The van der Waals surface area contributed by atoms with Crippen LogP contribution in [0.15, 0.2) is 72.6 Å². The molecule has 5 rings (SSSR count). The van der Waals surface area contributed by atoms with Crippen molar-refractivity contribution in [3.63, 3.8) is 0 Å². The second-order valence-corrected chi connectivity index (χ2v) is 7.44. The Kier molecular flexibility index (Phi) is 4.47. The van der Waals surface area contributed by atoms with E-state index in [0.717, 1.165) is 16.1 Å². The average molecular weight is 409 g/mol. The largest absolute Gasteiger partial charge is 0.444 e. The zero-order valence-corrected chi connectivity index (χ0v) is 15.8. The Balaban J connectivity index is 1.26. The number of benzene rings is 1. The Hall–Kier alpha value is -3.24. The van der Waals surface area contributed by atoms with Crippen molar-refractivity contribution in [1.82, 2.24) is 25.4 Å². The maximum Gasteiger partial charge on any atom is 0.306 e. The van der Waals surface area contributed by atoms with Crippen molar-refractivity contribution < 1.29 is 13.3 Å². The molecule has 0 saturated carbocycles. The predicted octanol–water partition coefficient (Wildman–Crippen LogP) is 4.80. The Morgan fingerprint density at radius 2 is 1.64 bits per heavy atom. The molecule has 4 aromatic heterocycles. The molecule has 0 fully saturated rings. The van der Waals surface area contributed by atoms with Crippen LogP contribution in [-0.4, -0.2) is 25.4 Å². The fraction of sp³-hybridized carbons (Fsp3) is 0.0556. The number of rotatable bonds is 6. The lowest BCUT2D eigenvalue weighted by Crippen LogP contribution is -1.81. The molecular weight excluding hydrogens is 398 g/mol. The highest BCUT2D eigenvalue weighted by molar-refractivity contribution is 7.98. The molecule has 0 aliphatic carbocycles. The van der Waals surface area contributed by atoms with Gasteiger partial charge in [-0.05, 0) is 23.6 Å². The van der Waals surface area contributed by atoms with Crippen LogP contribution in [-0.2, 0) is 5.75 Å². The Labute approximate surface area is 166 Å². The first-order valence-corrected chi connectivity index (χ1v) is 10.1. The van der Waals surface area contributed by atoms with E-state index in [-0.39, 0.29) is 11.8 Å². The maximum absolute atomic E-state index is 5.62. The first kappa shape index (κ1) is 16.9.